The van der Waals surface area contributed by atoms with Gasteiger partial charge in [0.2, 0.25) is 17.7 Å². The predicted octanol–water partition coefficient (Wildman–Crippen LogP) is 2.40. The number of hydrogen-bond acceptors (Lipinski definition) is 4. The summed E-state index contributed by atoms with van der Waals surface area (Å²) in [6, 6.07) is 5.89. The number of nitrogens with zero attached hydrogens (tertiary/aromatic N) is 2. The minimum absolute atomic E-state index is 0.143. The van der Waals surface area contributed by atoms with Crippen molar-refractivity contribution >= 4 is 17.7 Å². The number of morpholine rings is 1. The molecule has 0 aromatic heterocycles. The molecular formula is C22H27FN2O4. The van der Waals surface area contributed by atoms with Crippen LogP contribution in [0.25, 0.3) is 0 Å². The van der Waals surface area contributed by atoms with E-state index in [9.17, 15) is 18.8 Å². The second kappa shape index (κ2) is 8.22. The monoisotopic (exact) mass is 402 g/mol. The Kier molecular flexibility index (Phi) is 5.67. The fraction of sp³-hybridized carbons (Fsp3) is 0.591. The van der Waals surface area contributed by atoms with E-state index in [2.05, 4.69) is 0 Å². The fourth-order valence-corrected chi connectivity index (χ4v) is 4.95. The molecule has 3 amide bonds. The molecule has 4 rings (SSSR count). The third kappa shape index (κ3) is 3.68. The van der Waals surface area contributed by atoms with Crippen LogP contribution in [0.4, 0.5) is 4.39 Å². The number of imide groups is 1. The standard InChI is InChI=1S/C22H27FN2O4/c23-18-9-5-4-8-17(18)22(14-19(26)24-10-12-29-13-11-24)15-20(27)25(21(22)28)16-6-2-1-3-7-16/h4-5,8-9,16H,1-3,6-7,10-15H2. The summed E-state index contributed by atoms with van der Waals surface area (Å²) in [5, 5.41) is 0. The van der Waals surface area contributed by atoms with Gasteiger partial charge in [-0.05, 0) is 18.9 Å². The molecule has 0 radical (unpaired) electrons. The normalized spacial score (nSPS) is 26.2. The molecule has 156 valence electrons. The van der Waals surface area contributed by atoms with Crippen LogP contribution in [0.15, 0.2) is 24.3 Å². The summed E-state index contributed by atoms with van der Waals surface area (Å²) < 4.78 is 20.1. The van der Waals surface area contributed by atoms with E-state index in [1.807, 2.05) is 0 Å². The smallest absolute Gasteiger partial charge is 0.241 e. The second-order valence-electron chi connectivity index (χ2n) is 8.27. The van der Waals surface area contributed by atoms with Crippen LogP contribution in [0, 0.1) is 5.82 Å². The highest BCUT2D eigenvalue weighted by atomic mass is 19.1. The topological polar surface area (TPSA) is 66.9 Å². The van der Waals surface area contributed by atoms with Crippen LogP contribution in [-0.4, -0.2) is 59.9 Å². The van der Waals surface area contributed by atoms with Crippen molar-refractivity contribution in [1.29, 1.82) is 0 Å². The molecule has 2 saturated heterocycles. The van der Waals surface area contributed by atoms with E-state index in [1.54, 1.807) is 17.0 Å². The van der Waals surface area contributed by atoms with E-state index < -0.39 is 17.1 Å². The molecule has 2 heterocycles. The number of carbonyl (C=O) groups excluding carboxylic acids is 3. The molecule has 1 aromatic rings. The zero-order valence-corrected chi connectivity index (χ0v) is 16.6. The third-order valence-electron chi connectivity index (χ3n) is 6.50. The van der Waals surface area contributed by atoms with E-state index in [-0.39, 0.29) is 36.3 Å². The van der Waals surface area contributed by atoms with Crippen molar-refractivity contribution < 1.29 is 23.5 Å². The zero-order chi connectivity index (χ0) is 20.4. The minimum Gasteiger partial charge on any atom is -0.378 e. The Balaban J connectivity index is 1.69. The average Bonchev–Trinajstić information content (AvgIpc) is 2.99. The van der Waals surface area contributed by atoms with Crippen molar-refractivity contribution in [2.24, 2.45) is 0 Å². The van der Waals surface area contributed by atoms with Gasteiger partial charge in [0, 0.05) is 37.5 Å². The number of amides is 3. The van der Waals surface area contributed by atoms with Crippen LogP contribution in [0.2, 0.25) is 0 Å². The molecule has 6 nitrogen and oxygen atoms in total. The predicted molar refractivity (Wildman–Crippen MR) is 103 cm³/mol. The highest BCUT2D eigenvalue weighted by molar-refractivity contribution is 6.11. The van der Waals surface area contributed by atoms with E-state index in [0.717, 1.165) is 32.1 Å². The number of halogens is 1. The Morgan fingerprint density at radius 2 is 1.79 bits per heavy atom. The molecule has 29 heavy (non-hydrogen) atoms. The lowest BCUT2D eigenvalue weighted by molar-refractivity contribution is -0.146. The maximum atomic E-state index is 14.8. The quantitative estimate of drug-likeness (QED) is 0.726. The molecule has 0 spiro atoms. The molecule has 7 heteroatoms. The van der Waals surface area contributed by atoms with Crippen molar-refractivity contribution in [2.45, 2.75) is 56.4 Å². The largest absolute Gasteiger partial charge is 0.378 e. The molecule has 1 aromatic carbocycles. The maximum Gasteiger partial charge on any atom is 0.241 e. The van der Waals surface area contributed by atoms with E-state index in [1.165, 1.54) is 17.0 Å². The molecule has 3 fully saturated rings. The summed E-state index contributed by atoms with van der Waals surface area (Å²) in [6.07, 6.45) is 4.26. The van der Waals surface area contributed by atoms with Gasteiger partial charge in [-0.15, -0.1) is 0 Å². The van der Waals surface area contributed by atoms with Gasteiger partial charge in [-0.1, -0.05) is 37.5 Å². The van der Waals surface area contributed by atoms with Gasteiger partial charge in [-0.25, -0.2) is 4.39 Å². The van der Waals surface area contributed by atoms with E-state index in [4.69, 9.17) is 4.74 Å². The van der Waals surface area contributed by atoms with Gasteiger partial charge < -0.3 is 9.64 Å². The first-order valence-corrected chi connectivity index (χ1v) is 10.5. The second-order valence-corrected chi connectivity index (χ2v) is 8.27. The zero-order valence-electron chi connectivity index (χ0n) is 16.6. The lowest BCUT2D eigenvalue weighted by Crippen LogP contribution is -2.48. The van der Waals surface area contributed by atoms with E-state index in [0.29, 0.717) is 26.3 Å². The SMILES string of the molecule is O=C(CC1(c2ccccc2F)CC(=O)N(C2CCCCC2)C1=O)N1CCOCC1. The van der Waals surface area contributed by atoms with Crippen LogP contribution in [0.1, 0.15) is 50.5 Å². The van der Waals surface area contributed by atoms with E-state index >= 15 is 0 Å². The van der Waals surface area contributed by atoms with Crippen molar-refractivity contribution in [2.75, 3.05) is 26.3 Å². The van der Waals surface area contributed by atoms with Gasteiger partial charge in [-0.3, -0.25) is 19.3 Å². The summed E-state index contributed by atoms with van der Waals surface area (Å²) in [6.45, 7) is 1.78. The molecule has 1 saturated carbocycles. The summed E-state index contributed by atoms with van der Waals surface area (Å²) in [5.41, 5.74) is -1.31. The number of hydrogen-bond donors (Lipinski definition) is 0. The maximum absolute atomic E-state index is 14.8. The van der Waals surface area contributed by atoms with Crippen LogP contribution < -0.4 is 0 Å². The van der Waals surface area contributed by atoms with Crippen molar-refractivity contribution in [3.8, 4) is 0 Å². The van der Waals surface area contributed by atoms with Crippen molar-refractivity contribution in [3.05, 3.63) is 35.6 Å². The summed E-state index contributed by atoms with van der Waals surface area (Å²) in [4.78, 5) is 42.7. The lowest BCUT2D eigenvalue weighted by Gasteiger charge is -2.34. The van der Waals surface area contributed by atoms with Crippen LogP contribution in [0.3, 0.4) is 0 Å². The number of rotatable bonds is 4. The Morgan fingerprint density at radius 1 is 1.10 bits per heavy atom. The molecule has 3 aliphatic rings. The van der Waals surface area contributed by atoms with Gasteiger partial charge >= 0.3 is 0 Å². The first-order valence-electron chi connectivity index (χ1n) is 10.5. The third-order valence-corrected chi connectivity index (χ3v) is 6.50. The molecule has 0 bridgehead atoms. The van der Waals surface area contributed by atoms with Crippen LogP contribution in [-0.2, 0) is 24.5 Å². The minimum atomic E-state index is -1.46. The molecule has 0 N–H and O–H groups in total. The Labute approximate surface area is 170 Å². The first kappa shape index (κ1) is 20.0. The number of carbonyl (C=O) groups is 3. The number of ether oxygens (including phenoxy) is 1. The Morgan fingerprint density at radius 3 is 2.48 bits per heavy atom. The Bertz CT molecular complexity index is 802. The molecule has 1 atom stereocenters. The van der Waals surface area contributed by atoms with Gasteiger partial charge in [-0.2, -0.15) is 0 Å². The van der Waals surface area contributed by atoms with Gasteiger partial charge in [0.1, 0.15) is 5.82 Å². The van der Waals surface area contributed by atoms with Crippen molar-refractivity contribution in [1.82, 2.24) is 9.80 Å². The number of benzene rings is 1. The molecular weight excluding hydrogens is 375 g/mol. The lowest BCUT2D eigenvalue weighted by atomic mass is 9.75. The van der Waals surface area contributed by atoms with Gasteiger partial charge in [0.05, 0.1) is 18.6 Å². The van der Waals surface area contributed by atoms with Crippen LogP contribution >= 0.6 is 0 Å². The molecule has 1 unspecified atom stereocenters. The summed E-state index contributed by atoms with van der Waals surface area (Å²) in [5.74, 6) is -1.49. The fourth-order valence-electron chi connectivity index (χ4n) is 4.95. The number of likely N-dealkylation sites (tertiary alicyclic amines) is 1. The molecule has 2 aliphatic heterocycles. The Hall–Kier alpha value is -2.28. The highest BCUT2D eigenvalue weighted by Gasteiger charge is 2.56. The van der Waals surface area contributed by atoms with Crippen molar-refractivity contribution in [3.63, 3.8) is 0 Å². The van der Waals surface area contributed by atoms with Gasteiger partial charge in [0.25, 0.3) is 0 Å². The average molecular weight is 402 g/mol. The highest BCUT2D eigenvalue weighted by Crippen LogP contribution is 2.43. The van der Waals surface area contributed by atoms with Gasteiger partial charge in [0.15, 0.2) is 0 Å². The summed E-state index contributed by atoms with van der Waals surface area (Å²) >= 11 is 0. The molecule has 1 aliphatic carbocycles. The summed E-state index contributed by atoms with van der Waals surface area (Å²) in [7, 11) is 0. The first-order chi connectivity index (χ1) is 14.0. The van der Waals surface area contributed by atoms with Crippen LogP contribution in [0.5, 0.6) is 0 Å².